The first-order chi connectivity index (χ1) is 6.59. The lowest BCUT2D eigenvalue weighted by Gasteiger charge is -2.05. The van der Waals surface area contributed by atoms with Crippen molar-refractivity contribution in [3.63, 3.8) is 0 Å². The molecule has 0 aliphatic carbocycles. The molecule has 2 nitrogen and oxygen atoms in total. The predicted octanol–water partition coefficient (Wildman–Crippen LogP) is 2.92. The molecule has 0 amide bonds. The van der Waals surface area contributed by atoms with Gasteiger partial charge < -0.3 is 10.8 Å². The van der Waals surface area contributed by atoms with E-state index >= 15 is 0 Å². The number of aromatic hydroxyl groups is 1. The number of hydrogen-bond donors (Lipinski definition) is 2. The molecule has 0 saturated heterocycles. The highest BCUT2D eigenvalue weighted by atomic mass is 35.5. The lowest BCUT2D eigenvalue weighted by atomic mass is 10.1. The Balaban J connectivity index is 2.95. The number of benzene rings is 2. The van der Waals surface area contributed by atoms with Gasteiger partial charge in [0.05, 0.1) is 5.02 Å². The summed E-state index contributed by atoms with van der Waals surface area (Å²) in [7, 11) is 0. The SMILES string of the molecule is Nc1cc(O)cc2ccc(F)c(Cl)c12. The Hall–Kier alpha value is -1.48. The summed E-state index contributed by atoms with van der Waals surface area (Å²) in [5.74, 6) is -0.478. The van der Waals surface area contributed by atoms with Gasteiger partial charge in [-0.15, -0.1) is 0 Å². The van der Waals surface area contributed by atoms with E-state index in [9.17, 15) is 9.50 Å². The third-order valence-electron chi connectivity index (χ3n) is 2.02. The van der Waals surface area contributed by atoms with Crippen LogP contribution in [-0.2, 0) is 0 Å². The standard InChI is InChI=1S/C10H7ClFNO/c11-10-7(12)2-1-5-3-6(14)4-8(13)9(5)10/h1-4,14H,13H2. The topological polar surface area (TPSA) is 46.2 Å². The van der Waals surface area contributed by atoms with Gasteiger partial charge in [0.25, 0.3) is 0 Å². The van der Waals surface area contributed by atoms with Crippen LogP contribution in [0.5, 0.6) is 5.75 Å². The maximum Gasteiger partial charge on any atom is 0.142 e. The van der Waals surface area contributed by atoms with Crippen LogP contribution < -0.4 is 5.73 Å². The predicted molar refractivity (Wildman–Crippen MR) is 55.0 cm³/mol. The molecular weight excluding hydrogens is 205 g/mol. The molecule has 0 atom stereocenters. The number of nitrogens with two attached hydrogens (primary N) is 1. The normalized spacial score (nSPS) is 10.7. The first-order valence-corrected chi connectivity index (χ1v) is 4.33. The number of rotatable bonds is 0. The van der Waals surface area contributed by atoms with Gasteiger partial charge in [0.1, 0.15) is 11.6 Å². The molecule has 3 N–H and O–H groups in total. The van der Waals surface area contributed by atoms with Crippen LogP contribution in [0.25, 0.3) is 10.8 Å². The number of phenolic OH excluding ortho intramolecular Hbond substituents is 1. The van der Waals surface area contributed by atoms with E-state index in [0.717, 1.165) is 0 Å². The van der Waals surface area contributed by atoms with E-state index in [0.29, 0.717) is 10.8 Å². The number of hydrogen-bond acceptors (Lipinski definition) is 2. The molecule has 14 heavy (non-hydrogen) atoms. The van der Waals surface area contributed by atoms with Gasteiger partial charge in [-0.1, -0.05) is 17.7 Å². The van der Waals surface area contributed by atoms with E-state index in [4.69, 9.17) is 17.3 Å². The quantitative estimate of drug-likeness (QED) is 0.659. The average Bonchev–Trinajstić information content (AvgIpc) is 2.10. The van der Waals surface area contributed by atoms with E-state index in [-0.39, 0.29) is 16.5 Å². The lowest BCUT2D eigenvalue weighted by molar-refractivity contribution is 0.476. The van der Waals surface area contributed by atoms with E-state index < -0.39 is 5.82 Å². The Morgan fingerprint density at radius 2 is 2.00 bits per heavy atom. The first-order valence-electron chi connectivity index (χ1n) is 3.96. The Kier molecular flexibility index (Phi) is 1.97. The molecule has 0 unspecified atom stereocenters. The van der Waals surface area contributed by atoms with Gasteiger partial charge in [-0.3, -0.25) is 0 Å². The van der Waals surface area contributed by atoms with Crippen LogP contribution in [0.2, 0.25) is 5.02 Å². The van der Waals surface area contributed by atoms with Gasteiger partial charge in [0.2, 0.25) is 0 Å². The molecular formula is C10H7ClFNO. The fraction of sp³-hybridized carbons (Fsp3) is 0. The molecule has 2 aromatic carbocycles. The molecule has 0 aliphatic rings. The Morgan fingerprint density at radius 3 is 2.71 bits per heavy atom. The van der Waals surface area contributed by atoms with Crippen molar-refractivity contribution in [2.75, 3.05) is 5.73 Å². The highest BCUT2D eigenvalue weighted by Gasteiger charge is 2.08. The van der Waals surface area contributed by atoms with E-state index in [2.05, 4.69) is 0 Å². The second-order valence-electron chi connectivity index (χ2n) is 2.99. The molecule has 0 heterocycles. The van der Waals surface area contributed by atoms with Crippen molar-refractivity contribution in [1.29, 1.82) is 0 Å². The molecule has 0 aliphatic heterocycles. The summed E-state index contributed by atoms with van der Waals surface area (Å²) in [5, 5.41) is 10.3. The molecule has 0 radical (unpaired) electrons. The molecule has 72 valence electrons. The minimum atomic E-state index is -0.517. The molecule has 0 spiro atoms. The van der Waals surface area contributed by atoms with Crippen LogP contribution in [0.15, 0.2) is 24.3 Å². The van der Waals surface area contributed by atoms with Crippen LogP contribution in [0.3, 0.4) is 0 Å². The van der Waals surface area contributed by atoms with Crippen molar-refractivity contribution in [1.82, 2.24) is 0 Å². The van der Waals surface area contributed by atoms with Crippen LogP contribution in [0, 0.1) is 5.82 Å². The van der Waals surface area contributed by atoms with Crippen molar-refractivity contribution in [3.8, 4) is 5.75 Å². The number of halogens is 2. The summed E-state index contributed by atoms with van der Waals surface area (Å²) >= 11 is 5.75. The van der Waals surface area contributed by atoms with E-state index in [1.165, 1.54) is 24.3 Å². The molecule has 4 heteroatoms. The first kappa shape index (κ1) is 9.09. The highest BCUT2D eigenvalue weighted by molar-refractivity contribution is 6.36. The van der Waals surface area contributed by atoms with E-state index in [1.807, 2.05) is 0 Å². The number of phenols is 1. The summed E-state index contributed by atoms with van der Waals surface area (Å²) in [6, 6.07) is 5.58. The second-order valence-corrected chi connectivity index (χ2v) is 3.37. The number of fused-ring (bicyclic) bond motifs is 1. The highest BCUT2D eigenvalue weighted by Crippen LogP contribution is 2.33. The van der Waals surface area contributed by atoms with Gasteiger partial charge in [0, 0.05) is 17.1 Å². The molecule has 2 rings (SSSR count). The van der Waals surface area contributed by atoms with Crippen molar-refractivity contribution in [2.45, 2.75) is 0 Å². The summed E-state index contributed by atoms with van der Waals surface area (Å²) in [6.45, 7) is 0. The fourth-order valence-electron chi connectivity index (χ4n) is 1.41. The van der Waals surface area contributed by atoms with Gasteiger partial charge in [0.15, 0.2) is 0 Å². The summed E-state index contributed by atoms with van der Waals surface area (Å²) < 4.78 is 13.1. The number of anilines is 1. The van der Waals surface area contributed by atoms with Gasteiger partial charge in [-0.2, -0.15) is 0 Å². The van der Waals surface area contributed by atoms with Crippen LogP contribution in [-0.4, -0.2) is 5.11 Å². The van der Waals surface area contributed by atoms with Crippen LogP contribution >= 0.6 is 11.6 Å². The number of nitrogen functional groups attached to an aromatic ring is 1. The Bertz CT molecular complexity index is 513. The maximum absolute atomic E-state index is 13.1. The maximum atomic E-state index is 13.1. The summed E-state index contributed by atoms with van der Waals surface area (Å²) in [4.78, 5) is 0. The summed E-state index contributed by atoms with van der Waals surface area (Å²) in [6.07, 6.45) is 0. The van der Waals surface area contributed by atoms with Gasteiger partial charge in [-0.05, 0) is 17.5 Å². The Labute approximate surface area is 84.7 Å². The monoisotopic (exact) mass is 211 g/mol. The molecule has 0 bridgehead atoms. The fourth-order valence-corrected chi connectivity index (χ4v) is 1.69. The van der Waals surface area contributed by atoms with Crippen molar-refractivity contribution in [2.24, 2.45) is 0 Å². The zero-order valence-corrected chi connectivity index (χ0v) is 7.85. The molecule has 0 saturated carbocycles. The van der Waals surface area contributed by atoms with Crippen molar-refractivity contribution >= 4 is 28.1 Å². The van der Waals surface area contributed by atoms with E-state index in [1.54, 1.807) is 0 Å². The smallest absolute Gasteiger partial charge is 0.142 e. The summed E-state index contributed by atoms with van der Waals surface area (Å²) in [5.41, 5.74) is 5.88. The average molecular weight is 212 g/mol. The third kappa shape index (κ3) is 1.26. The Morgan fingerprint density at radius 1 is 1.29 bits per heavy atom. The minimum absolute atomic E-state index is 0.0139. The molecule has 2 aromatic rings. The zero-order chi connectivity index (χ0) is 10.3. The largest absolute Gasteiger partial charge is 0.508 e. The molecule has 0 aromatic heterocycles. The van der Waals surface area contributed by atoms with Gasteiger partial charge in [-0.25, -0.2) is 4.39 Å². The lowest BCUT2D eigenvalue weighted by Crippen LogP contribution is -1.89. The van der Waals surface area contributed by atoms with Gasteiger partial charge >= 0.3 is 0 Å². The second kappa shape index (κ2) is 3.03. The van der Waals surface area contributed by atoms with Crippen molar-refractivity contribution in [3.05, 3.63) is 35.1 Å². The molecule has 0 fully saturated rings. The van der Waals surface area contributed by atoms with Crippen LogP contribution in [0.4, 0.5) is 10.1 Å². The zero-order valence-electron chi connectivity index (χ0n) is 7.09. The third-order valence-corrected chi connectivity index (χ3v) is 2.39. The van der Waals surface area contributed by atoms with Crippen molar-refractivity contribution < 1.29 is 9.50 Å². The minimum Gasteiger partial charge on any atom is -0.508 e. The van der Waals surface area contributed by atoms with Crippen LogP contribution in [0.1, 0.15) is 0 Å².